The van der Waals surface area contributed by atoms with Gasteiger partial charge in [0.15, 0.2) is 0 Å². The van der Waals surface area contributed by atoms with Gasteiger partial charge >= 0.3 is 7.12 Å². The second-order valence-corrected chi connectivity index (χ2v) is 7.77. The van der Waals surface area contributed by atoms with Crippen molar-refractivity contribution in [2.24, 2.45) is 0 Å². The molecule has 2 aliphatic heterocycles. The van der Waals surface area contributed by atoms with Gasteiger partial charge in [0.2, 0.25) is 0 Å². The van der Waals surface area contributed by atoms with E-state index in [-0.39, 0.29) is 11.9 Å². The number of halogens is 2. The predicted molar refractivity (Wildman–Crippen MR) is 93.0 cm³/mol. The molecule has 0 unspecified atom stereocenters. The fraction of sp³-hybridized carbons (Fsp3) is 0.556. The van der Waals surface area contributed by atoms with E-state index in [1.165, 1.54) is 12.1 Å². The maximum absolute atomic E-state index is 15.3. The molecule has 0 amide bonds. The van der Waals surface area contributed by atoms with Gasteiger partial charge in [-0.2, -0.15) is 0 Å². The SMILES string of the molecule is CC1(C)OB(C(F)=C(CN2CC(O)C2)c2ccc(F)cc2)OC1(C)C. The molecule has 0 aliphatic carbocycles. The average Bonchev–Trinajstić information content (AvgIpc) is 2.71. The molecular formula is C18H24BF2NO3. The van der Waals surface area contributed by atoms with Crippen molar-refractivity contribution in [3.8, 4) is 0 Å². The Bertz CT molecular complexity index is 653. The van der Waals surface area contributed by atoms with Crippen molar-refractivity contribution in [3.63, 3.8) is 0 Å². The zero-order valence-electron chi connectivity index (χ0n) is 15.1. The third-order valence-electron chi connectivity index (χ3n) is 5.26. The highest BCUT2D eigenvalue weighted by Gasteiger charge is 2.53. The Kier molecular flexibility index (Phi) is 4.79. The molecular weight excluding hydrogens is 327 g/mol. The molecule has 25 heavy (non-hydrogen) atoms. The van der Waals surface area contributed by atoms with Crippen LogP contribution >= 0.6 is 0 Å². The van der Waals surface area contributed by atoms with Gasteiger partial charge in [0.1, 0.15) is 11.5 Å². The lowest BCUT2D eigenvalue weighted by molar-refractivity contribution is 0.00578. The summed E-state index contributed by atoms with van der Waals surface area (Å²) in [5.41, 5.74) is -0.821. The molecule has 2 aliphatic rings. The highest BCUT2D eigenvalue weighted by molar-refractivity contribution is 6.55. The van der Waals surface area contributed by atoms with Crippen LogP contribution < -0.4 is 0 Å². The summed E-state index contributed by atoms with van der Waals surface area (Å²) in [4.78, 5) is 1.92. The van der Waals surface area contributed by atoms with Gasteiger partial charge in [0, 0.05) is 25.2 Å². The fourth-order valence-corrected chi connectivity index (χ4v) is 2.94. The van der Waals surface area contributed by atoms with Gasteiger partial charge in [-0.15, -0.1) is 0 Å². The highest BCUT2D eigenvalue weighted by atomic mass is 19.1. The van der Waals surface area contributed by atoms with Crippen LogP contribution in [0.1, 0.15) is 33.3 Å². The van der Waals surface area contributed by atoms with E-state index in [9.17, 15) is 9.50 Å². The van der Waals surface area contributed by atoms with Crippen molar-refractivity contribution >= 4 is 12.7 Å². The molecule has 136 valence electrons. The van der Waals surface area contributed by atoms with E-state index in [1.54, 1.807) is 12.1 Å². The first-order valence-electron chi connectivity index (χ1n) is 8.49. The minimum Gasteiger partial charge on any atom is -0.398 e. The Balaban J connectivity index is 1.92. The number of aliphatic hydroxyl groups is 1. The number of hydrogen-bond donors (Lipinski definition) is 1. The number of aliphatic hydroxyl groups excluding tert-OH is 1. The molecule has 0 radical (unpaired) electrons. The van der Waals surface area contributed by atoms with Crippen LogP contribution in [-0.4, -0.2) is 54.1 Å². The van der Waals surface area contributed by atoms with Gasteiger partial charge in [-0.1, -0.05) is 12.1 Å². The molecule has 2 heterocycles. The second kappa shape index (κ2) is 6.47. The molecule has 4 nitrogen and oxygen atoms in total. The van der Waals surface area contributed by atoms with Crippen molar-refractivity contribution in [1.29, 1.82) is 0 Å². The van der Waals surface area contributed by atoms with Gasteiger partial charge in [-0.3, -0.25) is 4.90 Å². The van der Waals surface area contributed by atoms with Crippen LogP contribution in [0.2, 0.25) is 0 Å². The summed E-state index contributed by atoms with van der Waals surface area (Å²) in [5.74, 6) is -0.376. The quantitative estimate of drug-likeness (QED) is 0.848. The number of rotatable bonds is 4. The van der Waals surface area contributed by atoms with Crippen molar-refractivity contribution in [3.05, 3.63) is 41.4 Å². The van der Waals surface area contributed by atoms with E-state index >= 15 is 4.39 Å². The maximum Gasteiger partial charge on any atom is 0.525 e. The summed E-state index contributed by atoms with van der Waals surface area (Å²) >= 11 is 0. The van der Waals surface area contributed by atoms with Gasteiger partial charge < -0.3 is 14.4 Å². The molecule has 1 aromatic rings. The van der Waals surface area contributed by atoms with E-state index in [4.69, 9.17) is 9.31 Å². The minimum absolute atomic E-state index is 0.304. The normalized spacial score (nSPS) is 24.2. The number of benzene rings is 1. The Morgan fingerprint density at radius 1 is 1.16 bits per heavy atom. The molecule has 3 rings (SSSR count). The minimum atomic E-state index is -1.10. The lowest BCUT2D eigenvalue weighted by Crippen LogP contribution is -2.51. The van der Waals surface area contributed by atoms with E-state index in [0.29, 0.717) is 30.8 Å². The standard InChI is InChI=1S/C18H24BF2NO3/c1-17(2)18(3,4)25-19(24-17)16(21)15(11-22-9-14(23)10-22)12-5-7-13(20)8-6-12/h5-8,14,23H,9-11H2,1-4H3. The molecule has 2 saturated heterocycles. The molecule has 1 N–H and O–H groups in total. The number of likely N-dealkylation sites (tertiary alicyclic amines) is 1. The van der Waals surface area contributed by atoms with Crippen molar-refractivity contribution < 1.29 is 23.2 Å². The summed E-state index contributed by atoms with van der Waals surface area (Å²) in [6.07, 6.45) is -0.380. The Hall–Kier alpha value is -1.28. The Labute approximate surface area is 147 Å². The highest BCUT2D eigenvalue weighted by Crippen LogP contribution is 2.40. The van der Waals surface area contributed by atoms with Crippen LogP contribution in [-0.2, 0) is 9.31 Å². The monoisotopic (exact) mass is 351 g/mol. The number of nitrogens with zero attached hydrogens (tertiary/aromatic N) is 1. The topological polar surface area (TPSA) is 41.9 Å². The summed E-state index contributed by atoms with van der Waals surface area (Å²) in [7, 11) is -1.10. The molecule has 0 saturated carbocycles. The van der Waals surface area contributed by atoms with Crippen LogP contribution in [0.5, 0.6) is 0 Å². The largest absolute Gasteiger partial charge is 0.525 e. The lowest BCUT2D eigenvalue weighted by Gasteiger charge is -2.36. The molecule has 1 aromatic carbocycles. The summed E-state index contributed by atoms with van der Waals surface area (Å²) in [6, 6.07) is 5.70. The van der Waals surface area contributed by atoms with Gasteiger partial charge in [0.25, 0.3) is 0 Å². The van der Waals surface area contributed by atoms with Gasteiger partial charge in [-0.05, 0) is 45.4 Å². The van der Waals surface area contributed by atoms with Crippen LogP contribution in [0.4, 0.5) is 8.78 Å². The van der Waals surface area contributed by atoms with Crippen LogP contribution in [0.25, 0.3) is 5.57 Å². The predicted octanol–water partition coefficient (Wildman–Crippen LogP) is 2.81. The van der Waals surface area contributed by atoms with Crippen molar-refractivity contribution in [2.75, 3.05) is 19.6 Å². The van der Waals surface area contributed by atoms with E-state index in [2.05, 4.69) is 0 Å². The van der Waals surface area contributed by atoms with E-state index < -0.39 is 24.0 Å². The molecule has 0 aromatic heterocycles. The first-order valence-corrected chi connectivity index (χ1v) is 8.49. The van der Waals surface area contributed by atoms with Gasteiger partial charge in [-0.25, -0.2) is 8.78 Å². The van der Waals surface area contributed by atoms with Crippen LogP contribution in [0.15, 0.2) is 30.0 Å². The summed E-state index contributed by atoms with van der Waals surface area (Å²) in [5, 5.41) is 9.48. The fourth-order valence-electron chi connectivity index (χ4n) is 2.94. The lowest BCUT2D eigenvalue weighted by atomic mass is 9.82. The zero-order valence-corrected chi connectivity index (χ0v) is 15.1. The smallest absolute Gasteiger partial charge is 0.398 e. The average molecular weight is 351 g/mol. The first kappa shape index (κ1) is 18.5. The van der Waals surface area contributed by atoms with Crippen LogP contribution in [0.3, 0.4) is 0 Å². The third-order valence-corrected chi connectivity index (χ3v) is 5.26. The van der Waals surface area contributed by atoms with Crippen molar-refractivity contribution in [1.82, 2.24) is 4.90 Å². The maximum atomic E-state index is 15.3. The Morgan fingerprint density at radius 2 is 1.68 bits per heavy atom. The van der Waals surface area contributed by atoms with Crippen molar-refractivity contribution in [2.45, 2.75) is 45.0 Å². The first-order chi connectivity index (χ1) is 11.6. The van der Waals surface area contributed by atoms with E-state index in [0.717, 1.165) is 0 Å². The molecule has 0 bridgehead atoms. The van der Waals surface area contributed by atoms with Crippen LogP contribution in [0, 0.1) is 5.82 Å². The molecule has 2 fully saturated rings. The summed E-state index contributed by atoms with van der Waals surface area (Å²) < 4.78 is 40.2. The number of β-amino-alcohol motifs (C(OH)–C–C–N with tert-alkyl or cyclic N) is 1. The number of hydrogen-bond acceptors (Lipinski definition) is 4. The molecule has 0 spiro atoms. The van der Waals surface area contributed by atoms with Gasteiger partial charge in [0.05, 0.1) is 17.3 Å². The molecule has 7 heteroatoms. The molecule has 0 atom stereocenters. The summed E-state index contributed by atoms with van der Waals surface area (Å²) in [6.45, 7) is 8.74. The Morgan fingerprint density at radius 3 is 2.16 bits per heavy atom. The zero-order chi connectivity index (χ0) is 18.4. The third kappa shape index (κ3) is 3.65. The second-order valence-electron chi connectivity index (χ2n) is 7.77. The van der Waals surface area contributed by atoms with E-state index in [1.807, 2.05) is 32.6 Å².